The molecule has 0 bridgehead atoms. The standard InChI is InChI=1S/C62H102O6/c1-4-7-10-13-16-19-22-25-27-29-31-33-34-37-40-43-46-49-52-55-61(64)67-58-59(57-66-60(63)54-51-48-45-42-39-36-24-21-18-15-12-9-6-3)68-62(65)56-53-50-47-44-41-38-35-32-30-28-26-23-20-17-14-11-8-5-2/h7,9-10,12,15-16,18-19,21,24-25,27,31,33,37,40,46,49,59H,4-6,8,11,13-14,17,20,22-23,26,28-30,32,34-36,38-39,41-45,47-48,50-58H2,1-3H3/b10-7-,12-9-,18-15-,19-16-,24-21-,27-25-,33-31-,40-37-,49-46-. The first-order chi connectivity index (χ1) is 33.5. The Hall–Kier alpha value is -3.93. The molecule has 0 aliphatic heterocycles. The lowest BCUT2D eigenvalue weighted by atomic mass is 10.0. The van der Waals surface area contributed by atoms with Crippen LogP contribution in [0.1, 0.15) is 245 Å². The van der Waals surface area contributed by atoms with Crippen molar-refractivity contribution in [3.8, 4) is 0 Å². The second-order valence-electron chi connectivity index (χ2n) is 18.1. The highest BCUT2D eigenvalue weighted by molar-refractivity contribution is 5.71. The summed E-state index contributed by atoms with van der Waals surface area (Å²) in [7, 11) is 0. The fraction of sp³-hybridized carbons (Fsp3) is 0.661. The van der Waals surface area contributed by atoms with Gasteiger partial charge in [0.2, 0.25) is 0 Å². The summed E-state index contributed by atoms with van der Waals surface area (Å²) in [6.07, 6.45) is 75.2. The van der Waals surface area contributed by atoms with E-state index in [0.29, 0.717) is 19.3 Å². The van der Waals surface area contributed by atoms with Gasteiger partial charge in [0.25, 0.3) is 0 Å². The van der Waals surface area contributed by atoms with E-state index in [-0.39, 0.29) is 37.5 Å². The highest BCUT2D eigenvalue weighted by atomic mass is 16.6. The number of hydrogen-bond donors (Lipinski definition) is 0. The summed E-state index contributed by atoms with van der Waals surface area (Å²) in [6, 6.07) is 0. The van der Waals surface area contributed by atoms with Crippen molar-refractivity contribution in [1.82, 2.24) is 0 Å². The number of esters is 3. The zero-order chi connectivity index (χ0) is 49.3. The van der Waals surface area contributed by atoms with Crippen LogP contribution in [0.4, 0.5) is 0 Å². The largest absolute Gasteiger partial charge is 0.462 e. The molecule has 68 heavy (non-hydrogen) atoms. The third-order valence-corrected chi connectivity index (χ3v) is 11.6. The first kappa shape index (κ1) is 64.1. The predicted octanol–water partition coefficient (Wildman–Crippen LogP) is 18.7. The molecular weight excluding hydrogens is 841 g/mol. The Bertz CT molecular complexity index is 1410. The van der Waals surface area contributed by atoms with Crippen LogP contribution in [0.3, 0.4) is 0 Å². The summed E-state index contributed by atoms with van der Waals surface area (Å²) < 4.78 is 16.8. The van der Waals surface area contributed by atoms with Crippen molar-refractivity contribution in [1.29, 1.82) is 0 Å². The van der Waals surface area contributed by atoms with E-state index in [2.05, 4.69) is 124 Å². The van der Waals surface area contributed by atoms with Crippen LogP contribution in [0.25, 0.3) is 0 Å². The summed E-state index contributed by atoms with van der Waals surface area (Å²) in [5.74, 6) is -1.02. The van der Waals surface area contributed by atoms with Crippen molar-refractivity contribution in [2.45, 2.75) is 252 Å². The average molecular weight is 943 g/mol. The lowest BCUT2D eigenvalue weighted by molar-refractivity contribution is -0.166. The maximum atomic E-state index is 12.8. The van der Waals surface area contributed by atoms with Crippen LogP contribution in [0, 0.1) is 0 Å². The Morgan fingerprint density at radius 2 is 0.676 bits per heavy atom. The van der Waals surface area contributed by atoms with Crippen LogP contribution in [0.5, 0.6) is 0 Å². The van der Waals surface area contributed by atoms with Crippen LogP contribution in [0.15, 0.2) is 109 Å². The van der Waals surface area contributed by atoms with Gasteiger partial charge in [-0.2, -0.15) is 0 Å². The van der Waals surface area contributed by atoms with E-state index in [1.807, 2.05) is 6.08 Å². The second-order valence-corrected chi connectivity index (χ2v) is 18.1. The Kier molecular flexibility index (Phi) is 52.4. The minimum Gasteiger partial charge on any atom is -0.462 e. The molecule has 0 radical (unpaired) electrons. The highest BCUT2D eigenvalue weighted by Crippen LogP contribution is 2.16. The molecule has 0 amide bonds. The molecule has 0 aliphatic carbocycles. The van der Waals surface area contributed by atoms with Gasteiger partial charge in [-0.25, -0.2) is 0 Å². The van der Waals surface area contributed by atoms with Crippen LogP contribution in [-0.2, 0) is 28.6 Å². The molecule has 1 atom stereocenters. The van der Waals surface area contributed by atoms with Gasteiger partial charge in [0.1, 0.15) is 13.2 Å². The minimum absolute atomic E-state index is 0.112. The van der Waals surface area contributed by atoms with Crippen molar-refractivity contribution in [3.63, 3.8) is 0 Å². The third kappa shape index (κ3) is 53.0. The van der Waals surface area contributed by atoms with Gasteiger partial charge in [-0.05, 0) is 77.0 Å². The minimum atomic E-state index is -0.817. The summed E-state index contributed by atoms with van der Waals surface area (Å²) in [5, 5.41) is 0. The van der Waals surface area contributed by atoms with Gasteiger partial charge in [0.15, 0.2) is 6.10 Å². The summed E-state index contributed by atoms with van der Waals surface area (Å²) >= 11 is 0. The fourth-order valence-electron chi connectivity index (χ4n) is 7.47. The van der Waals surface area contributed by atoms with E-state index in [9.17, 15) is 14.4 Å². The summed E-state index contributed by atoms with van der Waals surface area (Å²) in [4.78, 5) is 38.1. The number of allylic oxidation sites excluding steroid dienone is 18. The molecule has 6 heteroatoms. The molecule has 0 N–H and O–H groups in total. The van der Waals surface area contributed by atoms with E-state index >= 15 is 0 Å². The monoisotopic (exact) mass is 943 g/mol. The van der Waals surface area contributed by atoms with Crippen LogP contribution >= 0.6 is 0 Å². The first-order valence-electron chi connectivity index (χ1n) is 27.9. The topological polar surface area (TPSA) is 78.9 Å². The molecule has 0 aromatic heterocycles. The van der Waals surface area contributed by atoms with Gasteiger partial charge in [0, 0.05) is 19.3 Å². The summed E-state index contributed by atoms with van der Waals surface area (Å²) in [6.45, 7) is 6.32. The van der Waals surface area contributed by atoms with Crippen LogP contribution in [-0.4, -0.2) is 37.2 Å². The third-order valence-electron chi connectivity index (χ3n) is 11.6. The van der Waals surface area contributed by atoms with Gasteiger partial charge in [0.05, 0.1) is 0 Å². The molecule has 0 spiro atoms. The second kappa shape index (κ2) is 55.7. The Balaban J connectivity index is 4.50. The van der Waals surface area contributed by atoms with E-state index in [1.54, 1.807) is 0 Å². The first-order valence-corrected chi connectivity index (χ1v) is 27.9. The number of rotatable bonds is 49. The van der Waals surface area contributed by atoms with Gasteiger partial charge in [-0.15, -0.1) is 0 Å². The molecule has 0 saturated carbocycles. The number of unbranched alkanes of at least 4 members (excludes halogenated alkanes) is 22. The molecule has 0 rings (SSSR count). The van der Waals surface area contributed by atoms with Crippen LogP contribution < -0.4 is 0 Å². The van der Waals surface area contributed by atoms with Crippen molar-refractivity contribution in [2.75, 3.05) is 13.2 Å². The Morgan fingerprint density at radius 3 is 1.12 bits per heavy atom. The number of carbonyl (C=O) groups excluding carboxylic acids is 3. The van der Waals surface area contributed by atoms with Crippen LogP contribution in [0.2, 0.25) is 0 Å². The van der Waals surface area contributed by atoms with Crippen molar-refractivity contribution < 1.29 is 28.6 Å². The van der Waals surface area contributed by atoms with Gasteiger partial charge in [-0.3, -0.25) is 14.4 Å². The predicted molar refractivity (Wildman–Crippen MR) is 293 cm³/mol. The highest BCUT2D eigenvalue weighted by Gasteiger charge is 2.19. The molecule has 0 aromatic rings. The molecule has 1 unspecified atom stereocenters. The molecule has 0 heterocycles. The molecule has 386 valence electrons. The number of ether oxygens (including phenoxy) is 3. The number of hydrogen-bond acceptors (Lipinski definition) is 6. The van der Waals surface area contributed by atoms with E-state index in [1.165, 1.54) is 96.3 Å². The molecule has 0 saturated heterocycles. The summed E-state index contributed by atoms with van der Waals surface area (Å²) in [5.41, 5.74) is 0. The van der Waals surface area contributed by atoms with Crippen molar-refractivity contribution >= 4 is 17.9 Å². The zero-order valence-corrected chi connectivity index (χ0v) is 44.1. The maximum absolute atomic E-state index is 12.8. The average Bonchev–Trinajstić information content (AvgIpc) is 3.34. The molecule has 0 fully saturated rings. The van der Waals surface area contributed by atoms with Gasteiger partial charge < -0.3 is 14.2 Å². The Morgan fingerprint density at radius 1 is 0.324 bits per heavy atom. The molecule has 0 aromatic carbocycles. The lowest BCUT2D eigenvalue weighted by Crippen LogP contribution is -2.30. The zero-order valence-electron chi connectivity index (χ0n) is 44.1. The quantitative estimate of drug-likeness (QED) is 0.0199. The fourth-order valence-corrected chi connectivity index (χ4v) is 7.47. The van der Waals surface area contributed by atoms with Gasteiger partial charge >= 0.3 is 17.9 Å². The van der Waals surface area contributed by atoms with Crippen molar-refractivity contribution in [3.05, 3.63) is 109 Å². The maximum Gasteiger partial charge on any atom is 0.306 e. The smallest absolute Gasteiger partial charge is 0.306 e. The molecule has 6 nitrogen and oxygen atoms in total. The molecule has 0 aliphatic rings. The van der Waals surface area contributed by atoms with E-state index in [0.717, 1.165) is 103 Å². The lowest BCUT2D eigenvalue weighted by Gasteiger charge is -2.18. The van der Waals surface area contributed by atoms with Crippen molar-refractivity contribution in [2.24, 2.45) is 0 Å². The number of carbonyl (C=O) groups is 3. The Labute approximate surface area is 419 Å². The molecular formula is C62H102O6. The van der Waals surface area contributed by atoms with E-state index in [4.69, 9.17) is 14.2 Å². The SMILES string of the molecule is CC\C=C/C=C\C=C/CCCCCCCC(=O)OCC(COC(=O)CC/C=C\C/C=C\C/C=C\C/C=C\C/C=C\C/C=C\CC)OC(=O)CCCCCCCCCCCCCCCCCCCC. The van der Waals surface area contributed by atoms with Gasteiger partial charge in [-0.1, -0.05) is 259 Å². The normalized spacial score (nSPS) is 12.9. The van der Waals surface area contributed by atoms with E-state index < -0.39 is 6.10 Å².